The Bertz CT molecular complexity index is 1000. The Balaban J connectivity index is 1.71. The van der Waals surface area contributed by atoms with Gasteiger partial charge in [0.15, 0.2) is 5.76 Å². The lowest BCUT2D eigenvalue weighted by molar-refractivity contribution is -0.136. The van der Waals surface area contributed by atoms with Crippen molar-refractivity contribution < 1.29 is 19.2 Å². The minimum Gasteiger partial charge on any atom is -0.481 e. The fourth-order valence-corrected chi connectivity index (χ4v) is 3.04. The number of aryl methyl sites for hydroxylation is 2. The average molecular weight is 382 g/mol. The number of amides is 1. The number of carbonyl (C=O) groups excluding carboxylic acids is 1. The van der Waals surface area contributed by atoms with Gasteiger partial charge in [-0.05, 0) is 57.0 Å². The number of carbonyl (C=O) groups is 2. The van der Waals surface area contributed by atoms with Crippen molar-refractivity contribution in [2.45, 2.75) is 40.2 Å². The Morgan fingerprint density at radius 3 is 2.50 bits per heavy atom. The summed E-state index contributed by atoms with van der Waals surface area (Å²) in [7, 11) is 0. The van der Waals surface area contributed by atoms with Crippen molar-refractivity contribution in [2.75, 3.05) is 0 Å². The second kappa shape index (κ2) is 8.08. The molecule has 1 aromatic carbocycles. The lowest BCUT2D eigenvalue weighted by Crippen LogP contribution is -2.22. The molecule has 0 aliphatic heterocycles. The molecule has 0 radical (unpaired) electrons. The van der Waals surface area contributed by atoms with Crippen LogP contribution in [0.15, 0.2) is 34.9 Å². The van der Waals surface area contributed by atoms with Gasteiger partial charge in [0, 0.05) is 23.7 Å². The Hall–Kier alpha value is -3.42. The van der Waals surface area contributed by atoms with E-state index in [-0.39, 0.29) is 18.9 Å². The third kappa shape index (κ3) is 4.28. The van der Waals surface area contributed by atoms with E-state index >= 15 is 0 Å². The molecule has 8 nitrogen and oxygen atoms in total. The van der Waals surface area contributed by atoms with Crippen LogP contribution in [0.25, 0.3) is 5.69 Å². The minimum absolute atomic E-state index is 0.0667. The molecule has 0 saturated carbocycles. The van der Waals surface area contributed by atoms with E-state index in [0.29, 0.717) is 17.7 Å². The molecule has 3 rings (SSSR count). The van der Waals surface area contributed by atoms with Gasteiger partial charge in [-0.3, -0.25) is 9.59 Å². The van der Waals surface area contributed by atoms with Crippen molar-refractivity contribution >= 4 is 11.9 Å². The maximum atomic E-state index is 12.3. The van der Waals surface area contributed by atoms with Gasteiger partial charge in [-0.15, -0.1) is 0 Å². The van der Waals surface area contributed by atoms with Crippen LogP contribution in [-0.2, 0) is 17.8 Å². The molecule has 1 amide bonds. The Kier molecular flexibility index (Phi) is 5.58. The maximum Gasteiger partial charge on any atom is 0.303 e. The van der Waals surface area contributed by atoms with Gasteiger partial charge in [0.05, 0.1) is 23.6 Å². The lowest BCUT2D eigenvalue weighted by atomic mass is 10.1. The molecule has 0 unspecified atom stereocenters. The number of aliphatic carboxylic acids is 1. The average Bonchev–Trinajstić information content (AvgIpc) is 3.21. The van der Waals surface area contributed by atoms with Crippen LogP contribution in [0, 0.1) is 20.8 Å². The molecule has 146 valence electrons. The molecule has 0 saturated heterocycles. The maximum absolute atomic E-state index is 12.3. The number of nitrogens with one attached hydrogen (secondary N) is 1. The number of hydrogen-bond donors (Lipinski definition) is 2. The summed E-state index contributed by atoms with van der Waals surface area (Å²) >= 11 is 0. The predicted molar refractivity (Wildman–Crippen MR) is 101 cm³/mol. The molecule has 2 aromatic heterocycles. The first-order valence-electron chi connectivity index (χ1n) is 8.93. The fourth-order valence-electron chi connectivity index (χ4n) is 3.04. The van der Waals surface area contributed by atoms with E-state index < -0.39 is 5.97 Å². The van der Waals surface area contributed by atoms with Crippen LogP contribution in [-0.4, -0.2) is 31.9 Å². The molecule has 0 aliphatic rings. The Labute approximate surface area is 162 Å². The van der Waals surface area contributed by atoms with Crippen LogP contribution in [0.2, 0.25) is 0 Å². The highest BCUT2D eigenvalue weighted by Gasteiger charge is 2.14. The Morgan fingerprint density at radius 2 is 1.89 bits per heavy atom. The first-order chi connectivity index (χ1) is 13.3. The van der Waals surface area contributed by atoms with Crippen LogP contribution in [0.4, 0.5) is 0 Å². The zero-order valence-corrected chi connectivity index (χ0v) is 16.0. The van der Waals surface area contributed by atoms with Crippen LogP contribution in [0.1, 0.15) is 45.2 Å². The smallest absolute Gasteiger partial charge is 0.303 e. The topological polar surface area (TPSA) is 110 Å². The van der Waals surface area contributed by atoms with E-state index in [4.69, 9.17) is 9.63 Å². The molecule has 2 heterocycles. The number of rotatable bonds is 7. The van der Waals surface area contributed by atoms with E-state index in [0.717, 1.165) is 28.3 Å². The van der Waals surface area contributed by atoms with E-state index in [2.05, 4.69) is 15.6 Å². The van der Waals surface area contributed by atoms with Gasteiger partial charge >= 0.3 is 5.97 Å². The summed E-state index contributed by atoms with van der Waals surface area (Å²) in [5.41, 5.74) is 4.74. The third-order valence-corrected chi connectivity index (χ3v) is 4.50. The van der Waals surface area contributed by atoms with Crippen molar-refractivity contribution in [3.63, 3.8) is 0 Å². The highest BCUT2D eigenvalue weighted by molar-refractivity contribution is 5.94. The summed E-state index contributed by atoms with van der Waals surface area (Å²) in [6.45, 7) is 5.87. The summed E-state index contributed by atoms with van der Waals surface area (Å²) in [4.78, 5) is 23.1. The van der Waals surface area contributed by atoms with Crippen molar-refractivity contribution in [3.8, 4) is 5.69 Å². The van der Waals surface area contributed by atoms with E-state index in [1.54, 1.807) is 22.9 Å². The summed E-state index contributed by atoms with van der Waals surface area (Å²) in [5, 5.41) is 20.0. The third-order valence-electron chi connectivity index (χ3n) is 4.50. The first kappa shape index (κ1) is 19.3. The Morgan fingerprint density at radius 1 is 1.18 bits per heavy atom. The number of nitrogens with zero attached hydrogens (tertiary/aromatic N) is 3. The van der Waals surface area contributed by atoms with Gasteiger partial charge in [-0.25, -0.2) is 4.68 Å². The van der Waals surface area contributed by atoms with Gasteiger partial charge < -0.3 is 14.9 Å². The minimum atomic E-state index is -0.831. The standard InChI is InChI=1S/C20H22N4O4/c1-12-10-17(28-23-12)11-21-20(27)15-4-6-16(7-5-15)24-14(3)18(13(2)22-24)8-9-19(25)26/h4-7,10H,8-9,11H2,1-3H3,(H,21,27)(H,25,26). The zero-order valence-electron chi connectivity index (χ0n) is 16.0. The molecule has 0 aliphatic carbocycles. The lowest BCUT2D eigenvalue weighted by Gasteiger charge is -2.07. The van der Waals surface area contributed by atoms with E-state index in [1.807, 2.05) is 32.9 Å². The molecule has 0 spiro atoms. The van der Waals surface area contributed by atoms with Crippen molar-refractivity contribution in [3.05, 3.63) is 64.3 Å². The van der Waals surface area contributed by atoms with Crippen molar-refractivity contribution in [1.29, 1.82) is 0 Å². The number of benzene rings is 1. The fraction of sp³-hybridized carbons (Fsp3) is 0.300. The van der Waals surface area contributed by atoms with Gasteiger partial charge in [0.1, 0.15) is 0 Å². The predicted octanol–water partition coefficient (Wildman–Crippen LogP) is 2.73. The zero-order chi connectivity index (χ0) is 20.3. The van der Waals surface area contributed by atoms with Gasteiger partial charge in [0.25, 0.3) is 5.91 Å². The molecule has 3 aromatic rings. The van der Waals surface area contributed by atoms with Gasteiger partial charge in [-0.1, -0.05) is 5.16 Å². The van der Waals surface area contributed by atoms with Crippen LogP contribution in [0.3, 0.4) is 0 Å². The van der Waals surface area contributed by atoms with Gasteiger partial charge in [0.2, 0.25) is 0 Å². The number of carboxylic acids is 1. The molecule has 28 heavy (non-hydrogen) atoms. The van der Waals surface area contributed by atoms with Crippen molar-refractivity contribution in [1.82, 2.24) is 20.3 Å². The number of aromatic nitrogens is 3. The van der Waals surface area contributed by atoms with E-state index in [1.165, 1.54) is 0 Å². The van der Waals surface area contributed by atoms with E-state index in [9.17, 15) is 9.59 Å². The van der Waals surface area contributed by atoms with Gasteiger partial charge in [-0.2, -0.15) is 5.10 Å². The molecule has 0 atom stereocenters. The summed E-state index contributed by atoms with van der Waals surface area (Å²) in [6, 6.07) is 8.85. The molecular formula is C20H22N4O4. The quantitative estimate of drug-likeness (QED) is 0.650. The largest absolute Gasteiger partial charge is 0.481 e. The highest BCUT2D eigenvalue weighted by Crippen LogP contribution is 2.20. The number of hydrogen-bond acceptors (Lipinski definition) is 5. The first-order valence-corrected chi connectivity index (χ1v) is 8.93. The summed E-state index contributed by atoms with van der Waals surface area (Å²) in [6.07, 6.45) is 0.506. The number of carboxylic acid groups (broad SMARTS) is 1. The van der Waals surface area contributed by atoms with Crippen LogP contribution < -0.4 is 5.32 Å². The molecular weight excluding hydrogens is 360 g/mol. The van der Waals surface area contributed by atoms with Crippen molar-refractivity contribution in [2.24, 2.45) is 0 Å². The summed E-state index contributed by atoms with van der Waals surface area (Å²) in [5.74, 6) is -0.447. The molecule has 0 bridgehead atoms. The second-order valence-corrected chi connectivity index (χ2v) is 6.62. The summed E-state index contributed by atoms with van der Waals surface area (Å²) < 4.78 is 6.85. The molecule has 2 N–H and O–H groups in total. The normalized spacial score (nSPS) is 10.8. The second-order valence-electron chi connectivity index (χ2n) is 6.62. The van der Waals surface area contributed by atoms with Crippen LogP contribution >= 0.6 is 0 Å². The molecule has 0 fully saturated rings. The highest BCUT2D eigenvalue weighted by atomic mass is 16.5. The van der Waals surface area contributed by atoms with Crippen LogP contribution in [0.5, 0.6) is 0 Å². The molecule has 8 heteroatoms. The monoisotopic (exact) mass is 382 g/mol. The SMILES string of the molecule is Cc1cc(CNC(=O)c2ccc(-n3nc(C)c(CCC(=O)O)c3C)cc2)on1.